The number of rotatable bonds is 9. The summed E-state index contributed by atoms with van der Waals surface area (Å²) >= 11 is 2.74. The number of thiazole rings is 1. The summed E-state index contributed by atoms with van der Waals surface area (Å²) in [6, 6.07) is 0. The van der Waals surface area contributed by atoms with Gasteiger partial charge in [0, 0.05) is 26.1 Å². The van der Waals surface area contributed by atoms with Crippen LogP contribution in [0.3, 0.4) is 0 Å². The number of carboxylic acid groups (broad SMARTS) is 1. The predicted molar refractivity (Wildman–Crippen MR) is 71.8 cm³/mol. The van der Waals surface area contributed by atoms with E-state index in [-0.39, 0.29) is 0 Å². The molecule has 1 rings (SSSR count). The van der Waals surface area contributed by atoms with Crippen LogP contribution in [0.5, 0.6) is 0 Å². The first-order valence-corrected chi connectivity index (χ1v) is 7.35. The van der Waals surface area contributed by atoms with E-state index in [0.29, 0.717) is 30.4 Å². The van der Waals surface area contributed by atoms with Gasteiger partial charge in [-0.15, -0.1) is 11.3 Å². The average Bonchev–Trinajstić information content (AvgIpc) is 2.69. The first-order valence-electron chi connectivity index (χ1n) is 5.55. The third kappa shape index (κ3) is 5.34. The quantitative estimate of drug-likeness (QED) is 0.556. The van der Waals surface area contributed by atoms with Crippen LogP contribution in [0.15, 0.2) is 4.34 Å². The second kappa shape index (κ2) is 8.47. The van der Waals surface area contributed by atoms with Crippen molar-refractivity contribution in [3.63, 3.8) is 0 Å². The standard InChI is InChI=1S/C11H17NO4S2/c1-8-9(10(13)14)18-11(12-8)17-7-6-16-5-3-4-15-2/h3-7H2,1-2H3,(H,13,14). The monoisotopic (exact) mass is 291 g/mol. The van der Waals surface area contributed by atoms with Gasteiger partial charge in [0.15, 0.2) is 4.34 Å². The predicted octanol–water partition coefficient (Wildman–Crippen LogP) is 2.29. The van der Waals surface area contributed by atoms with Crippen LogP contribution in [-0.4, -0.2) is 48.7 Å². The second-order valence-electron chi connectivity index (χ2n) is 3.51. The SMILES string of the molecule is COCCCOCCSc1nc(C)c(C(=O)O)s1. The molecular weight excluding hydrogens is 274 g/mol. The molecule has 1 aromatic rings. The summed E-state index contributed by atoms with van der Waals surface area (Å²) in [5.41, 5.74) is 0.580. The molecule has 0 aliphatic heterocycles. The highest BCUT2D eigenvalue weighted by atomic mass is 32.2. The van der Waals surface area contributed by atoms with Crippen molar-refractivity contribution in [2.24, 2.45) is 0 Å². The Morgan fingerprint density at radius 3 is 2.83 bits per heavy atom. The third-order valence-electron chi connectivity index (χ3n) is 2.06. The number of thioether (sulfide) groups is 1. The number of carboxylic acids is 1. The zero-order valence-corrected chi connectivity index (χ0v) is 12.1. The highest BCUT2D eigenvalue weighted by Gasteiger charge is 2.13. The summed E-state index contributed by atoms with van der Waals surface area (Å²) in [5.74, 6) is -0.133. The second-order valence-corrected chi connectivity index (χ2v) is 5.85. The molecule has 0 aliphatic rings. The van der Waals surface area contributed by atoms with Crippen LogP contribution in [0.1, 0.15) is 21.8 Å². The van der Waals surface area contributed by atoms with Crippen molar-refractivity contribution in [1.29, 1.82) is 0 Å². The Hall–Kier alpha value is -0.630. The normalized spacial score (nSPS) is 10.8. The summed E-state index contributed by atoms with van der Waals surface area (Å²) in [6.07, 6.45) is 0.890. The molecule has 0 unspecified atom stereocenters. The van der Waals surface area contributed by atoms with E-state index < -0.39 is 5.97 Å². The highest BCUT2D eigenvalue weighted by molar-refractivity contribution is 8.01. The fraction of sp³-hybridized carbons (Fsp3) is 0.636. The molecule has 0 amide bonds. The van der Waals surface area contributed by atoms with Crippen molar-refractivity contribution < 1.29 is 19.4 Å². The molecule has 1 heterocycles. The number of methoxy groups -OCH3 is 1. The van der Waals surface area contributed by atoms with E-state index >= 15 is 0 Å². The summed E-state index contributed by atoms with van der Waals surface area (Å²) in [5, 5.41) is 8.90. The van der Waals surface area contributed by atoms with Crippen molar-refractivity contribution in [3.8, 4) is 0 Å². The van der Waals surface area contributed by atoms with Crippen LogP contribution in [0.2, 0.25) is 0 Å². The van der Waals surface area contributed by atoms with E-state index in [2.05, 4.69) is 4.98 Å². The van der Waals surface area contributed by atoms with Crippen LogP contribution in [0.4, 0.5) is 0 Å². The lowest BCUT2D eigenvalue weighted by molar-refractivity contribution is 0.0701. The topological polar surface area (TPSA) is 68.7 Å². The van der Waals surface area contributed by atoms with Crippen molar-refractivity contribution in [2.75, 3.05) is 32.7 Å². The zero-order chi connectivity index (χ0) is 13.4. The summed E-state index contributed by atoms with van der Waals surface area (Å²) in [4.78, 5) is 15.4. The van der Waals surface area contributed by atoms with Gasteiger partial charge in [-0.3, -0.25) is 0 Å². The van der Waals surface area contributed by atoms with Crippen molar-refractivity contribution in [3.05, 3.63) is 10.6 Å². The Morgan fingerprint density at radius 1 is 1.44 bits per heavy atom. The van der Waals surface area contributed by atoms with Gasteiger partial charge >= 0.3 is 5.97 Å². The van der Waals surface area contributed by atoms with Gasteiger partial charge in [0.2, 0.25) is 0 Å². The Morgan fingerprint density at radius 2 is 2.22 bits per heavy atom. The van der Waals surface area contributed by atoms with Gasteiger partial charge in [0.05, 0.1) is 12.3 Å². The lowest BCUT2D eigenvalue weighted by atomic mass is 10.4. The van der Waals surface area contributed by atoms with Crippen LogP contribution < -0.4 is 0 Å². The summed E-state index contributed by atoms with van der Waals surface area (Å²) < 4.78 is 11.1. The molecule has 0 aliphatic carbocycles. The van der Waals surface area contributed by atoms with Crippen LogP contribution in [-0.2, 0) is 9.47 Å². The molecule has 0 spiro atoms. The summed E-state index contributed by atoms with van der Waals surface area (Å²) in [7, 11) is 1.67. The molecule has 0 saturated heterocycles. The van der Waals surface area contributed by atoms with Gasteiger partial charge in [-0.2, -0.15) is 0 Å². The minimum Gasteiger partial charge on any atom is -0.477 e. The number of aromatic carboxylic acids is 1. The van der Waals surface area contributed by atoms with Crippen molar-refractivity contribution >= 4 is 29.1 Å². The lowest BCUT2D eigenvalue weighted by Gasteiger charge is -2.02. The Labute approximate surface area is 115 Å². The average molecular weight is 291 g/mol. The lowest BCUT2D eigenvalue weighted by Crippen LogP contribution is -2.01. The fourth-order valence-electron chi connectivity index (χ4n) is 1.23. The van der Waals surface area contributed by atoms with Gasteiger partial charge in [-0.1, -0.05) is 11.8 Å². The number of ether oxygens (including phenoxy) is 2. The highest BCUT2D eigenvalue weighted by Crippen LogP contribution is 2.26. The van der Waals surface area contributed by atoms with Gasteiger partial charge < -0.3 is 14.6 Å². The van der Waals surface area contributed by atoms with Crippen molar-refractivity contribution in [1.82, 2.24) is 4.98 Å². The molecule has 0 atom stereocenters. The third-order valence-corrected chi connectivity index (χ3v) is 4.31. The first kappa shape index (κ1) is 15.4. The van der Waals surface area contributed by atoms with E-state index in [0.717, 1.165) is 16.5 Å². The molecule has 18 heavy (non-hydrogen) atoms. The van der Waals surface area contributed by atoms with Crippen LogP contribution >= 0.6 is 23.1 Å². The zero-order valence-electron chi connectivity index (χ0n) is 10.5. The Bertz CT molecular complexity index is 381. The molecule has 0 aromatic carbocycles. The summed E-state index contributed by atoms with van der Waals surface area (Å²) in [6.45, 7) is 3.74. The molecule has 1 aromatic heterocycles. The van der Waals surface area contributed by atoms with E-state index in [1.807, 2.05) is 0 Å². The molecule has 0 saturated carbocycles. The van der Waals surface area contributed by atoms with Crippen molar-refractivity contribution in [2.45, 2.75) is 17.7 Å². The van der Waals surface area contributed by atoms with E-state index in [1.54, 1.807) is 14.0 Å². The van der Waals surface area contributed by atoms with E-state index in [9.17, 15) is 4.79 Å². The first-order chi connectivity index (χ1) is 8.65. The number of aromatic nitrogens is 1. The molecule has 7 heteroatoms. The minimum absolute atomic E-state index is 0.318. The smallest absolute Gasteiger partial charge is 0.347 e. The maximum Gasteiger partial charge on any atom is 0.347 e. The molecule has 0 bridgehead atoms. The maximum absolute atomic E-state index is 10.8. The Kier molecular flexibility index (Phi) is 7.26. The molecule has 0 fully saturated rings. The van der Waals surface area contributed by atoms with Gasteiger partial charge in [0.1, 0.15) is 4.88 Å². The van der Waals surface area contributed by atoms with Crippen LogP contribution in [0, 0.1) is 6.92 Å². The maximum atomic E-state index is 10.8. The molecule has 102 valence electrons. The molecular formula is C11H17NO4S2. The molecule has 1 N–H and O–H groups in total. The van der Waals surface area contributed by atoms with Gasteiger partial charge in [-0.05, 0) is 13.3 Å². The number of nitrogens with zero attached hydrogens (tertiary/aromatic N) is 1. The molecule has 5 nitrogen and oxygen atoms in total. The number of hydrogen-bond acceptors (Lipinski definition) is 6. The Balaban J connectivity index is 2.19. The number of hydrogen-bond donors (Lipinski definition) is 1. The number of carbonyl (C=O) groups is 1. The van der Waals surface area contributed by atoms with E-state index in [4.69, 9.17) is 14.6 Å². The van der Waals surface area contributed by atoms with Crippen LogP contribution in [0.25, 0.3) is 0 Å². The van der Waals surface area contributed by atoms with Gasteiger partial charge in [-0.25, -0.2) is 9.78 Å². The minimum atomic E-state index is -0.910. The fourth-order valence-corrected chi connectivity index (χ4v) is 3.18. The number of aryl methyl sites for hydroxylation is 1. The largest absolute Gasteiger partial charge is 0.477 e. The van der Waals surface area contributed by atoms with Gasteiger partial charge in [0.25, 0.3) is 0 Å². The molecule has 0 radical (unpaired) electrons. The van der Waals surface area contributed by atoms with E-state index in [1.165, 1.54) is 23.1 Å².